The highest BCUT2D eigenvalue weighted by atomic mass is 14.9. The molecular formula is C8H11N3. The minimum Gasteiger partial charge on any atom is -0.387 e. The number of pyridine rings is 1. The van der Waals surface area contributed by atoms with Crippen molar-refractivity contribution < 1.29 is 0 Å². The van der Waals surface area contributed by atoms with E-state index in [9.17, 15) is 0 Å². The van der Waals surface area contributed by atoms with E-state index < -0.39 is 0 Å². The Morgan fingerprint density at radius 1 is 1.55 bits per heavy atom. The molecule has 58 valence electrons. The molecule has 0 amide bonds. The largest absolute Gasteiger partial charge is 0.387 e. The molecule has 0 saturated heterocycles. The first-order chi connectivity index (χ1) is 5.18. The van der Waals surface area contributed by atoms with Gasteiger partial charge in [0.1, 0.15) is 0 Å². The summed E-state index contributed by atoms with van der Waals surface area (Å²) in [5.41, 5.74) is 6.34. The summed E-state index contributed by atoms with van der Waals surface area (Å²) in [6.07, 6.45) is 0. The maximum Gasteiger partial charge on any atom is 0.154 e. The monoisotopic (exact) mass is 149 g/mol. The maximum absolute atomic E-state index is 5.38. The minimum absolute atomic E-state index is 0.531. The SMILES string of the molecule is C/C(N)=N/c1cccc(C)n1. The number of amidine groups is 1. The van der Waals surface area contributed by atoms with Crippen molar-refractivity contribution in [3.63, 3.8) is 0 Å². The molecule has 1 heterocycles. The van der Waals surface area contributed by atoms with E-state index in [1.807, 2.05) is 25.1 Å². The molecule has 0 saturated carbocycles. The molecule has 3 heteroatoms. The van der Waals surface area contributed by atoms with Crippen LogP contribution in [0.5, 0.6) is 0 Å². The van der Waals surface area contributed by atoms with Crippen molar-refractivity contribution in [2.75, 3.05) is 0 Å². The zero-order valence-electron chi connectivity index (χ0n) is 6.70. The number of rotatable bonds is 1. The molecule has 0 radical (unpaired) electrons. The van der Waals surface area contributed by atoms with E-state index in [2.05, 4.69) is 9.98 Å². The number of aryl methyl sites for hydroxylation is 1. The lowest BCUT2D eigenvalue weighted by atomic mass is 10.4. The highest BCUT2D eigenvalue weighted by Crippen LogP contribution is 2.06. The lowest BCUT2D eigenvalue weighted by Crippen LogP contribution is -2.04. The van der Waals surface area contributed by atoms with Crippen molar-refractivity contribution >= 4 is 11.7 Å². The van der Waals surface area contributed by atoms with Crippen molar-refractivity contribution in [3.05, 3.63) is 23.9 Å². The van der Waals surface area contributed by atoms with Crippen molar-refractivity contribution in [2.24, 2.45) is 10.7 Å². The number of aromatic nitrogens is 1. The predicted octanol–water partition coefficient (Wildman–Crippen LogP) is 1.40. The van der Waals surface area contributed by atoms with Gasteiger partial charge in [0.25, 0.3) is 0 Å². The summed E-state index contributed by atoms with van der Waals surface area (Å²) in [6, 6.07) is 5.65. The standard InChI is InChI=1S/C8H11N3/c1-6-4-3-5-8(10-6)11-7(2)9/h3-5H,1-2H3,(H2,9,10,11). The van der Waals surface area contributed by atoms with E-state index >= 15 is 0 Å². The van der Waals surface area contributed by atoms with Gasteiger partial charge in [0, 0.05) is 5.69 Å². The van der Waals surface area contributed by atoms with Gasteiger partial charge in [0.15, 0.2) is 5.82 Å². The average Bonchev–Trinajstić information content (AvgIpc) is 1.85. The van der Waals surface area contributed by atoms with Gasteiger partial charge in [-0.05, 0) is 26.0 Å². The maximum atomic E-state index is 5.38. The van der Waals surface area contributed by atoms with E-state index in [1.165, 1.54) is 0 Å². The van der Waals surface area contributed by atoms with Gasteiger partial charge in [0.05, 0.1) is 5.84 Å². The molecule has 0 aliphatic carbocycles. The van der Waals surface area contributed by atoms with Crippen LogP contribution in [-0.4, -0.2) is 10.8 Å². The topological polar surface area (TPSA) is 51.3 Å². The zero-order chi connectivity index (χ0) is 8.27. The Bertz CT molecular complexity index is 274. The van der Waals surface area contributed by atoms with Gasteiger partial charge < -0.3 is 5.73 Å². The van der Waals surface area contributed by atoms with Gasteiger partial charge in [-0.25, -0.2) is 9.98 Å². The fraction of sp³-hybridized carbons (Fsp3) is 0.250. The van der Waals surface area contributed by atoms with Crippen LogP contribution in [0, 0.1) is 6.92 Å². The van der Waals surface area contributed by atoms with Crippen LogP contribution < -0.4 is 5.73 Å². The third-order valence-corrected chi connectivity index (χ3v) is 1.16. The fourth-order valence-corrected chi connectivity index (χ4v) is 0.772. The summed E-state index contributed by atoms with van der Waals surface area (Å²) in [4.78, 5) is 8.15. The molecule has 0 atom stereocenters. The predicted molar refractivity (Wildman–Crippen MR) is 45.9 cm³/mol. The van der Waals surface area contributed by atoms with Crippen LogP contribution in [0.15, 0.2) is 23.2 Å². The Balaban J connectivity index is 2.97. The van der Waals surface area contributed by atoms with Crippen molar-refractivity contribution in [3.8, 4) is 0 Å². The third kappa shape index (κ3) is 2.37. The summed E-state index contributed by atoms with van der Waals surface area (Å²) in [5, 5.41) is 0. The number of nitrogens with zero attached hydrogens (tertiary/aromatic N) is 2. The summed E-state index contributed by atoms with van der Waals surface area (Å²) in [7, 11) is 0. The van der Waals surface area contributed by atoms with Crippen LogP contribution in [0.3, 0.4) is 0 Å². The fourth-order valence-electron chi connectivity index (χ4n) is 0.772. The quantitative estimate of drug-likeness (QED) is 0.484. The van der Waals surface area contributed by atoms with Crippen LogP contribution in [0.1, 0.15) is 12.6 Å². The van der Waals surface area contributed by atoms with Gasteiger partial charge in [-0.3, -0.25) is 0 Å². The van der Waals surface area contributed by atoms with E-state index in [0.717, 1.165) is 5.69 Å². The normalized spacial score (nSPS) is 11.6. The van der Waals surface area contributed by atoms with Crippen LogP contribution in [0.2, 0.25) is 0 Å². The molecule has 1 rings (SSSR count). The highest BCUT2D eigenvalue weighted by Gasteiger charge is 1.89. The molecule has 3 nitrogen and oxygen atoms in total. The summed E-state index contributed by atoms with van der Waals surface area (Å²) >= 11 is 0. The molecule has 1 aromatic heterocycles. The van der Waals surface area contributed by atoms with Gasteiger partial charge in [0.2, 0.25) is 0 Å². The number of hydrogen-bond acceptors (Lipinski definition) is 2. The molecule has 0 spiro atoms. The highest BCUT2D eigenvalue weighted by molar-refractivity contribution is 5.79. The molecular weight excluding hydrogens is 138 g/mol. The Labute approximate surface area is 66.0 Å². The van der Waals surface area contributed by atoms with Gasteiger partial charge in [-0.15, -0.1) is 0 Å². The van der Waals surface area contributed by atoms with E-state index in [4.69, 9.17) is 5.73 Å². The Kier molecular flexibility index (Phi) is 2.21. The lowest BCUT2D eigenvalue weighted by molar-refractivity contribution is 1.17. The first kappa shape index (κ1) is 7.72. The van der Waals surface area contributed by atoms with Gasteiger partial charge in [-0.1, -0.05) is 6.07 Å². The first-order valence-electron chi connectivity index (χ1n) is 3.43. The second kappa shape index (κ2) is 3.14. The zero-order valence-corrected chi connectivity index (χ0v) is 6.70. The van der Waals surface area contributed by atoms with Gasteiger partial charge in [-0.2, -0.15) is 0 Å². The molecule has 0 aliphatic rings. The molecule has 2 N–H and O–H groups in total. The molecule has 0 bridgehead atoms. The summed E-state index contributed by atoms with van der Waals surface area (Å²) in [6.45, 7) is 3.66. The van der Waals surface area contributed by atoms with Crippen molar-refractivity contribution in [1.82, 2.24) is 4.98 Å². The number of hydrogen-bond donors (Lipinski definition) is 1. The smallest absolute Gasteiger partial charge is 0.154 e. The van der Waals surface area contributed by atoms with Crippen LogP contribution in [0.25, 0.3) is 0 Å². The second-order valence-electron chi connectivity index (χ2n) is 2.39. The number of aliphatic imine (C=N–C) groups is 1. The Morgan fingerprint density at radius 3 is 2.82 bits per heavy atom. The Morgan fingerprint density at radius 2 is 2.27 bits per heavy atom. The van der Waals surface area contributed by atoms with Crippen molar-refractivity contribution in [2.45, 2.75) is 13.8 Å². The van der Waals surface area contributed by atoms with Crippen LogP contribution >= 0.6 is 0 Å². The van der Waals surface area contributed by atoms with Crippen LogP contribution in [0.4, 0.5) is 5.82 Å². The summed E-state index contributed by atoms with van der Waals surface area (Å²) in [5.74, 6) is 1.20. The molecule has 1 aromatic rings. The lowest BCUT2D eigenvalue weighted by Gasteiger charge is -1.94. The van der Waals surface area contributed by atoms with Gasteiger partial charge >= 0.3 is 0 Å². The second-order valence-corrected chi connectivity index (χ2v) is 2.39. The Hall–Kier alpha value is -1.38. The summed E-state index contributed by atoms with van der Waals surface area (Å²) < 4.78 is 0. The van der Waals surface area contributed by atoms with E-state index in [0.29, 0.717) is 11.7 Å². The average molecular weight is 149 g/mol. The molecule has 0 aromatic carbocycles. The van der Waals surface area contributed by atoms with E-state index in [-0.39, 0.29) is 0 Å². The molecule has 0 fully saturated rings. The van der Waals surface area contributed by atoms with E-state index in [1.54, 1.807) is 6.92 Å². The van der Waals surface area contributed by atoms with Crippen LogP contribution in [-0.2, 0) is 0 Å². The number of nitrogens with two attached hydrogens (primary N) is 1. The minimum atomic E-state index is 0.531. The molecule has 0 unspecified atom stereocenters. The third-order valence-electron chi connectivity index (χ3n) is 1.16. The molecule has 11 heavy (non-hydrogen) atoms. The molecule has 0 aliphatic heterocycles. The van der Waals surface area contributed by atoms with Crippen molar-refractivity contribution in [1.29, 1.82) is 0 Å². The first-order valence-corrected chi connectivity index (χ1v) is 3.43.